The predicted molar refractivity (Wildman–Crippen MR) is 82.1 cm³/mol. The second-order valence-electron chi connectivity index (χ2n) is 6.52. The van der Waals surface area contributed by atoms with Crippen molar-refractivity contribution < 1.29 is 4.79 Å². The Labute approximate surface area is 122 Å². The zero-order valence-corrected chi connectivity index (χ0v) is 12.5. The fourth-order valence-corrected chi connectivity index (χ4v) is 4.02. The molecule has 0 aromatic heterocycles. The van der Waals surface area contributed by atoms with Crippen molar-refractivity contribution in [2.75, 3.05) is 13.1 Å². The summed E-state index contributed by atoms with van der Waals surface area (Å²) in [4.78, 5) is 15.0. The lowest BCUT2D eigenvalue weighted by molar-refractivity contribution is 0.0539. The van der Waals surface area contributed by atoms with Gasteiger partial charge < -0.3 is 0 Å². The van der Waals surface area contributed by atoms with Gasteiger partial charge in [0.15, 0.2) is 5.78 Å². The Morgan fingerprint density at radius 1 is 1.20 bits per heavy atom. The molecule has 1 saturated heterocycles. The zero-order valence-electron chi connectivity index (χ0n) is 12.5. The van der Waals surface area contributed by atoms with Gasteiger partial charge in [0.1, 0.15) is 0 Å². The van der Waals surface area contributed by atoms with Crippen LogP contribution in [0, 0.1) is 12.8 Å². The number of carbonyl (C=O) groups is 1. The van der Waals surface area contributed by atoms with Crippen LogP contribution >= 0.6 is 0 Å². The molecule has 1 aromatic carbocycles. The van der Waals surface area contributed by atoms with E-state index in [1.165, 1.54) is 44.1 Å². The number of aryl methyl sites for hydroxylation is 1. The third-order valence-electron chi connectivity index (χ3n) is 5.04. The van der Waals surface area contributed by atoms with Gasteiger partial charge in [0, 0.05) is 11.6 Å². The standard InChI is InChI=1S/C18H25NO/c1-14-6-4-8-16(12-14)18(20)13-19-11-5-9-15-7-2-3-10-17(15)19/h4,6,8,12,15,17H,2-3,5,7,9-11,13H2,1H3. The maximum atomic E-state index is 12.5. The monoisotopic (exact) mass is 271 g/mol. The topological polar surface area (TPSA) is 20.3 Å². The van der Waals surface area contributed by atoms with Crippen molar-refractivity contribution in [3.8, 4) is 0 Å². The number of ketones is 1. The molecular weight excluding hydrogens is 246 g/mol. The molecule has 2 aliphatic rings. The lowest BCUT2D eigenvalue weighted by Gasteiger charge is -2.43. The number of nitrogens with zero attached hydrogens (tertiary/aromatic N) is 1. The van der Waals surface area contributed by atoms with E-state index in [2.05, 4.69) is 17.9 Å². The van der Waals surface area contributed by atoms with Gasteiger partial charge in [0.25, 0.3) is 0 Å². The molecule has 0 amide bonds. The molecule has 2 fully saturated rings. The van der Waals surface area contributed by atoms with Crippen molar-refractivity contribution in [2.45, 2.75) is 51.5 Å². The molecule has 1 aromatic rings. The Hall–Kier alpha value is -1.15. The summed E-state index contributed by atoms with van der Waals surface area (Å²) in [6.45, 7) is 3.78. The van der Waals surface area contributed by atoms with Crippen LogP contribution in [0.4, 0.5) is 0 Å². The molecule has 1 aliphatic carbocycles. The van der Waals surface area contributed by atoms with E-state index < -0.39 is 0 Å². The fourth-order valence-electron chi connectivity index (χ4n) is 4.02. The normalized spacial score (nSPS) is 27.1. The van der Waals surface area contributed by atoms with Crippen molar-refractivity contribution in [2.24, 2.45) is 5.92 Å². The molecule has 108 valence electrons. The summed E-state index contributed by atoms with van der Waals surface area (Å²) in [7, 11) is 0. The van der Waals surface area contributed by atoms with Gasteiger partial charge in [-0.3, -0.25) is 9.69 Å². The van der Waals surface area contributed by atoms with E-state index >= 15 is 0 Å². The number of benzene rings is 1. The number of carbonyl (C=O) groups excluding carboxylic acids is 1. The first-order valence-corrected chi connectivity index (χ1v) is 8.08. The number of Topliss-reactive ketones (excluding diaryl/α,β-unsaturated/α-hetero) is 1. The Bertz CT molecular complexity index is 480. The number of fused-ring (bicyclic) bond motifs is 1. The Kier molecular flexibility index (Phi) is 4.21. The van der Waals surface area contributed by atoms with E-state index in [0.29, 0.717) is 18.4 Å². The molecule has 2 nitrogen and oxygen atoms in total. The largest absolute Gasteiger partial charge is 0.293 e. The number of likely N-dealkylation sites (tertiary alicyclic amines) is 1. The Balaban J connectivity index is 1.68. The first-order valence-electron chi connectivity index (χ1n) is 8.08. The molecule has 2 atom stereocenters. The molecule has 0 N–H and O–H groups in total. The molecule has 3 rings (SSSR count). The van der Waals surface area contributed by atoms with Gasteiger partial charge in [-0.25, -0.2) is 0 Å². The third-order valence-corrected chi connectivity index (χ3v) is 5.04. The summed E-state index contributed by atoms with van der Waals surface area (Å²) < 4.78 is 0. The zero-order chi connectivity index (χ0) is 13.9. The van der Waals surface area contributed by atoms with Crippen LogP contribution in [0.5, 0.6) is 0 Å². The minimum absolute atomic E-state index is 0.292. The van der Waals surface area contributed by atoms with E-state index in [9.17, 15) is 4.79 Å². The average molecular weight is 271 g/mol. The lowest BCUT2D eigenvalue weighted by atomic mass is 9.78. The molecule has 0 radical (unpaired) electrons. The molecular formula is C18H25NO. The van der Waals surface area contributed by atoms with Crippen LogP contribution in [0.1, 0.15) is 54.4 Å². The molecule has 1 aliphatic heterocycles. The maximum Gasteiger partial charge on any atom is 0.176 e. The van der Waals surface area contributed by atoms with Crippen LogP contribution in [0.2, 0.25) is 0 Å². The summed E-state index contributed by atoms with van der Waals surface area (Å²) in [6.07, 6.45) is 8.05. The molecule has 2 unspecified atom stereocenters. The molecule has 1 heterocycles. The Morgan fingerprint density at radius 2 is 2.00 bits per heavy atom. The summed E-state index contributed by atoms with van der Waals surface area (Å²) in [5.74, 6) is 1.14. The second kappa shape index (κ2) is 6.09. The van der Waals surface area contributed by atoms with E-state index in [0.717, 1.165) is 18.0 Å². The number of hydrogen-bond donors (Lipinski definition) is 0. The molecule has 20 heavy (non-hydrogen) atoms. The third kappa shape index (κ3) is 2.95. The molecule has 1 saturated carbocycles. The van der Waals surface area contributed by atoms with Gasteiger partial charge in [0.05, 0.1) is 6.54 Å². The van der Waals surface area contributed by atoms with Crippen LogP contribution in [0.3, 0.4) is 0 Å². The smallest absolute Gasteiger partial charge is 0.176 e. The first kappa shape index (κ1) is 13.8. The Morgan fingerprint density at radius 3 is 2.85 bits per heavy atom. The molecule has 2 heteroatoms. The van der Waals surface area contributed by atoms with Crippen LogP contribution in [-0.4, -0.2) is 29.8 Å². The lowest BCUT2D eigenvalue weighted by Crippen LogP contribution is -2.48. The van der Waals surface area contributed by atoms with Crippen molar-refractivity contribution in [3.63, 3.8) is 0 Å². The number of rotatable bonds is 3. The highest BCUT2D eigenvalue weighted by atomic mass is 16.1. The van der Waals surface area contributed by atoms with Crippen molar-refractivity contribution in [3.05, 3.63) is 35.4 Å². The van der Waals surface area contributed by atoms with Gasteiger partial charge in [-0.2, -0.15) is 0 Å². The van der Waals surface area contributed by atoms with Crippen LogP contribution in [0.25, 0.3) is 0 Å². The maximum absolute atomic E-state index is 12.5. The van der Waals surface area contributed by atoms with E-state index in [-0.39, 0.29) is 0 Å². The number of hydrogen-bond acceptors (Lipinski definition) is 2. The second-order valence-corrected chi connectivity index (χ2v) is 6.52. The average Bonchev–Trinajstić information content (AvgIpc) is 2.47. The summed E-state index contributed by atoms with van der Waals surface area (Å²) >= 11 is 0. The van der Waals surface area contributed by atoms with Gasteiger partial charge in [-0.15, -0.1) is 0 Å². The van der Waals surface area contributed by atoms with Crippen molar-refractivity contribution in [1.29, 1.82) is 0 Å². The molecule has 0 bridgehead atoms. The van der Waals surface area contributed by atoms with E-state index in [1.807, 2.05) is 18.2 Å². The fraction of sp³-hybridized carbons (Fsp3) is 0.611. The highest BCUT2D eigenvalue weighted by Gasteiger charge is 2.33. The highest BCUT2D eigenvalue weighted by molar-refractivity contribution is 5.97. The molecule has 0 spiro atoms. The highest BCUT2D eigenvalue weighted by Crippen LogP contribution is 2.35. The number of piperidine rings is 1. The van der Waals surface area contributed by atoms with Crippen LogP contribution in [-0.2, 0) is 0 Å². The van der Waals surface area contributed by atoms with Gasteiger partial charge in [-0.1, -0.05) is 36.6 Å². The van der Waals surface area contributed by atoms with Crippen LogP contribution < -0.4 is 0 Å². The van der Waals surface area contributed by atoms with Crippen molar-refractivity contribution >= 4 is 5.78 Å². The summed E-state index contributed by atoms with van der Waals surface area (Å²) in [5.41, 5.74) is 2.05. The van der Waals surface area contributed by atoms with Gasteiger partial charge >= 0.3 is 0 Å². The quantitative estimate of drug-likeness (QED) is 0.779. The van der Waals surface area contributed by atoms with Crippen LogP contribution in [0.15, 0.2) is 24.3 Å². The van der Waals surface area contributed by atoms with Gasteiger partial charge in [0.2, 0.25) is 0 Å². The first-order chi connectivity index (χ1) is 9.74. The SMILES string of the molecule is Cc1cccc(C(=O)CN2CCCC3CCCCC32)c1. The van der Waals surface area contributed by atoms with E-state index in [4.69, 9.17) is 0 Å². The van der Waals surface area contributed by atoms with Crippen molar-refractivity contribution in [1.82, 2.24) is 4.90 Å². The van der Waals surface area contributed by atoms with E-state index in [1.54, 1.807) is 0 Å². The minimum Gasteiger partial charge on any atom is -0.293 e. The van der Waals surface area contributed by atoms with Gasteiger partial charge in [-0.05, 0) is 51.1 Å². The summed E-state index contributed by atoms with van der Waals surface area (Å²) in [5, 5.41) is 0. The minimum atomic E-state index is 0.292. The predicted octanol–water partition coefficient (Wildman–Crippen LogP) is 3.83. The summed E-state index contributed by atoms with van der Waals surface area (Å²) in [6, 6.07) is 8.69.